The van der Waals surface area contributed by atoms with E-state index in [1.807, 2.05) is 37.3 Å². The first-order chi connectivity index (χ1) is 22.0. The molecule has 0 bridgehead atoms. The summed E-state index contributed by atoms with van der Waals surface area (Å²) in [7, 11) is -4.46. The number of unbranched alkanes of at least 4 members (excludes halogenated alkanes) is 1. The van der Waals surface area contributed by atoms with Crippen molar-refractivity contribution in [1.29, 1.82) is 0 Å². The Labute approximate surface area is 268 Å². The largest absolute Gasteiger partial charge is 0.368 e. The zero-order valence-corrected chi connectivity index (χ0v) is 26.5. The normalized spacial score (nSPS) is 14.4. The standard InChI is InChI=1S/C34H40FN4O6P/c1-2-3-19-29(34(43)38-28(32(36)41)20-10-16-24-12-6-4-7-13-24)37-30(40)23-46(44,45)31(21-25-14-8-5-9-15-25)39-33(42)26-17-11-18-27(35)22-26/h4-18,22,28-29,31H,2-3,19-21,23H2,1H3,(H2,36,41)(H,37,40)(H,38,43)(H,39,42)(H,44,45)/t28-,29?,31?/m0/s1. The summed E-state index contributed by atoms with van der Waals surface area (Å²) in [5.74, 6) is -5.14. The average Bonchev–Trinajstić information content (AvgIpc) is 3.02. The second-order valence-corrected chi connectivity index (χ2v) is 13.3. The van der Waals surface area contributed by atoms with Crippen LogP contribution in [0.3, 0.4) is 0 Å². The summed E-state index contributed by atoms with van der Waals surface area (Å²) >= 11 is 0. The van der Waals surface area contributed by atoms with Gasteiger partial charge in [0.2, 0.25) is 25.1 Å². The van der Waals surface area contributed by atoms with Gasteiger partial charge in [0.25, 0.3) is 5.91 Å². The molecule has 0 saturated carbocycles. The van der Waals surface area contributed by atoms with Crippen molar-refractivity contribution in [1.82, 2.24) is 16.0 Å². The quantitative estimate of drug-likeness (QED) is 0.138. The Morgan fingerprint density at radius 3 is 2.22 bits per heavy atom. The van der Waals surface area contributed by atoms with Gasteiger partial charge in [-0.1, -0.05) is 98.6 Å². The number of benzene rings is 3. The molecule has 0 saturated heterocycles. The highest BCUT2D eigenvalue weighted by Crippen LogP contribution is 2.46. The van der Waals surface area contributed by atoms with E-state index in [0.29, 0.717) is 18.4 Å². The zero-order valence-electron chi connectivity index (χ0n) is 25.6. The first kappa shape index (κ1) is 35.9. The molecule has 0 aliphatic carbocycles. The molecule has 6 N–H and O–H groups in total. The molecule has 3 aromatic carbocycles. The lowest BCUT2D eigenvalue weighted by atomic mass is 10.1. The van der Waals surface area contributed by atoms with Gasteiger partial charge in [0.15, 0.2) is 0 Å². The van der Waals surface area contributed by atoms with Crippen LogP contribution in [0.4, 0.5) is 4.39 Å². The van der Waals surface area contributed by atoms with E-state index in [0.717, 1.165) is 17.7 Å². The molecule has 0 radical (unpaired) electrons. The maximum Gasteiger partial charge on any atom is 0.252 e. The molecule has 3 unspecified atom stereocenters. The summed E-state index contributed by atoms with van der Waals surface area (Å²) < 4.78 is 27.4. The number of halogens is 1. The fourth-order valence-electron chi connectivity index (χ4n) is 4.65. The Morgan fingerprint density at radius 2 is 1.59 bits per heavy atom. The van der Waals surface area contributed by atoms with E-state index >= 15 is 0 Å². The van der Waals surface area contributed by atoms with E-state index in [1.165, 1.54) is 12.1 Å². The van der Waals surface area contributed by atoms with Crippen molar-refractivity contribution in [3.63, 3.8) is 0 Å². The number of carbonyl (C=O) groups excluding carboxylic acids is 4. The molecule has 0 heterocycles. The highest BCUT2D eigenvalue weighted by molar-refractivity contribution is 7.59. The molecule has 0 aliphatic rings. The highest BCUT2D eigenvalue weighted by Gasteiger charge is 2.36. The lowest BCUT2D eigenvalue weighted by molar-refractivity contribution is -0.130. The second kappa shape index (κ2) is 17.8. The van der Waals surface area contributed by atoms with Crippen LogP contribution in [0, 0.1) is 5.82 Å². The highest BCUT2D eigenvalue weighted by atomic mass is 31.2. The van der Waals surface area contributed by atoms with Crippen molar-refractivity contribution in [2.24, 2.45) is 5.73 Å². The van der Waals surface area contributed by atoms with Crippen LogP contribution in [-0.4, -0.2) is 52.6 Å². The molecule has 3 aromatic rings. The summed E-state index contributed by atoms with van der Waals surface area (Å²) in [5.41, 5.74) is 7.01. The third-order valence-electron chi connectivity index (χ3n) is 7.15. The SMILES string of the molecule is CCCCC(NC(=O)CP(=O)(O)C(Cc1ccccc1)NC(=O)c1cccc(F)c1)C(=O)N[C@@H](CC=Cc1ccccc1)C(N)=O. The van der Waals surface area contributed by atoms with Gasteiger partial charge in [0, 0.05) is 12.0 Å². The van der Waals surface area contributed by atoms with Gasteiger partial charge in [-0.25, -0.2) is 4.39 Å². The average molecular weight is 651 g/mol. The topological polar surface area (TPSA) is 168 Å². The lowest BCUT2D eigenvalue weighted by Gasteiger charge is -2.26. The van der Waals surface area contributed by atoms with Crippen LogP contribution in [0.15, 0.2) is 91.0 Å². The molecular formula is C34H40FN4O6P. The summed E-state index contributed by atoms with van der Waals surface area (Å²) in [6.07, 6.45) is 4.07. The molecule has 46 heavy (non-hydrogen) atoms. The molecule has 10 nitrogen and oxygen atoms in total. The van der Waals surface area contributed by atoms with E-state index < -0.39 is 60.8 Å². The molecule has 4 atom stereocenters. The van der Waals surface area contributed by atoms with E-state index in [2.05, 4.69) is 16.0 Å². The third kappa shape index (κ3) is 11.7. The molecule has 0 aromatic heterocycles. The van der Waals surface area contributed by atoms with Crippen LogP contribution < -0.4 is 21.7 Å². The number of rotatable bonds is 17. The van der Waals surface area contributed by atoms with Gasteiger partial charge in [-0.05, 0) is 42.2 Å². The Kier molecular flexibility index (Phi) is 13.9. The Balaban J connectivity index is 1.72. The minimum absolute atomic E-state index is 0.0542. The Bertz CT molecular complexity index is 1550. The third-order valence-corrected chi connectivity index (χ3v) is 9.18. The van der Waals surface area contributed by atoms with E-state index in [9.17, 15) is 33.0 Å². The number of hydrogen-bond donors (Lipinski definition) is 5. The summed E-state index contributed by atoms with van der Waals surface area (Å²) in [4.78, 5) is 62.6. The number of nitrogens with two attached hydrogens (primary N) is 1. The number of carbonyl (C=O) groups is 4. The van der Waals surface area contributed by atoms with Gasteiger partial charge in [-0.3, -0.25) is 23.7 Å². The number of nitrogens with one attached hydrogen (secondary N) is 3. The summed E-state index contributed by atoms with van der Waals surface area (Å²) in [6.45, 7) is 1.90. The summed E-state index contributed by atoms with van der Waals surface area (Å²) in [5, 5.41) is 7.61. The van der Waals surface area contributed by atoms with Crippen LogP contribution in [-0.2, 0) is 25.4 Å². The number of hydrogen-bond acceptors (Lipinski definition) is 5. The van der Waals surface area contributed by atoms with Crippen LogP contribution in [0.5, 0.6) is 0 Å². The first-order valence-electron chi connectivity index (χ1n) is 15.0. The molecule has 0 fully saturated rings. The van der Waals surface area contributed by atoms with E-state index in [-0.39, 0.29) is 24.8 Å². The Hall–Kier alpha value is -4.60. The predicted molar refractivity (Wildman–Crippen MR) is 175 cm³/mol. The van der Waals surface area contributed by atoms with Gasteiger partial charge in [-0.2, -0.15) is 0 Å². The first-order valence-corrected chi connectivity index (χ1v) is 16.9. The van der Waals surface area contributed by atoms with Crippen molar-refractivity contribution in [2.75, 3.05) is 6.16 Å². The van der Waals surface area contributed by atoms with Gasteiger partial charge in [0.05, 0.1) is 0 Å². The van der Waals surface area contributed by atoms with Crippen LogP contribution >= 0.6 is 7.37 Å². The van der Waals surface area contributed by atoms with Crippen molar-refractivity contribution in [3.05, 3.63) is 114 Å². The van der Waals surface area contributed by atoms with Crippen LogP contribution in [0.25, 0.3) is 6.08 Å². The second-order valence-electron chi connectivity index (χ2n) is 10.9. The molecule has 4 amide bonds. The van der Waals surface area contributed by atoms with Gasteiger partial charge < -0.3 is 26.6 Å². The number of primary amides is 1. The molecule has 0 spiro atoms. The van der Waals surface area contributed by atoms with Crippen molar-refractivity contribution in [2.45, 2.75) is 56.9 Å². The maximum atomic E-state index is 13.7. The molecule has 0 aliphatic heterocycles. The van der Waals surface area contributed by atoms with E-state index in [1.54, 1.807) is 42.5 Å². The molecular weight excluding hydrogens is 610 g/mol. The maximum absolute atomic E-state index is 13.7. The van der Waals surface area contributed by atoms with E-state index in [4.69, 9.17) is 5.73 Å². The minimum atomic E-state index is -4.46. The van der Waals surface area contributed by atoms with Crippen LogP contribution in [0.1, 0.15) is 54.1 Å². The lowest BCUT2D eigenvalue weighted by Crippen LogP contribution is -2.53. The molecule has 3 rings (SSSR count). The van der Waals surface area contributed by atoms with Crippen LogP contribution in [0.2, 0.25) is 0 Å². The fourth-order valence-corrected chi connectivity index (χ4v) is 6.19. The van der Waals surface area contributed by atoms with Crippen molar-refractivity contribution in [3.8, 4) is 0 Å². The van der Waals surface area contributed by atoms with Gasteiger partial charge in [0.1, 0.15) is 29.8 Å². The Morgan fingerprint density at radius 1 is 0.913 bits per heavy atom. The molecule has 244 valence electrons. The summed E-state index contributed by atoms with van der Waals surface area (Å²) in [6, 6.07) is 20.7. The van der Waals surface area contributed by atoms with Gasteiger partial charge in [-0.15, -0.1) is 0 Å². The molecule has 12 heteroatoms. The van der Waals surface area contributed by atoms with Crippen molar-refractivity contribution >= 4 is 37.1 Å². The fraction of sp³-hybridized carbons (Fsp3) is 0.294. The van der Waals surface area contributed by atoms with Gasteiger partial charge >= 0.3 is 0 Å². The predicted octanol–water partition coefficient (Wildman–Crippen LogP) is 4.14. The van der Waals surface area contributed by atoms with Crippen molar-refractivity contribution < 1.29 is 33.0 Å². The minimum Gasteiger partial charge on any atom is -0.368 e. The smallest absolute Gasteiger partial charge is 0.252 e. The number of amides is 4. The zero-order chi connectivity index (χ0) is 33.5. The monoisotopic (exact) mass is 650 g/mol.